The van der Waals surface area contributed by atoms with Crippen molar-refractivity contribution >= 4 is 10.9 Å². The zero-order valence-electron chi connectivity index (χ0n) is 12.0. The van der Waals surface area contributed by atoms with Crippen molar-refractivity contribution in [3.8, 4) is 5.75 Å². The second-order valence-corrected chi connectivity index (χ2v) is 5.50. The highest BCUT2D eigenvalue weighted by molar-refractivity contribution is 5.78. The van der Waals surface area contributed by atoms with E-state index in [9.17, 15) is 14.7 Å². The number of piperidine rings is 1. The fraction of sp³-hybridized carbons (Fsp3) is 0.467. The molecule has 1 aromatic heterocycles. The van der Waals surface area contributed by atoms with Gasteiger partial charge in [0.2, 0.25) is 0 Å². The second kappa shape index (κ2) is 5.37. The zero-order chi connectivity index (χ0) is 15.0. The van der Waals surface area contributed by atoms with Crippen LogP contribution in [0, 0.1) is 0 Å². The molecule has 1 aromatic carbocycles. The number of phenols is 1. The Labute approximate surface area is 121 Å². The molecule has 1 fully saturated rings. The van der Waals surface area contributed by atoms with Crippen LogP contribution < -0.4 is 11.2 Å². The molecule has 0 saturated carbocycles. The van der Waals surface area contributed by atoms with Gasteiger partial charge in [0, 0.05) is 19.1 Å². The lowest BCUT2D eigenvalue weighted by molar-refractivity contribution is 0.190. The number of phenolic OH excluding ortho intramolecular Hbond substituents is 1. The predicted octanol–water partition coefficient (Wildman–Crippen LogP) is 1.05. The molecule has 2 N–H and O–H groups in total. The van der Waals surface area contributed by atoms with Gasteiger partial charge in [-0.2, -0.15) is 0 Å². The molecular weight excluding hydrogens is 270 g/mol. The van der Waals surface area contributed by atoms with E-state index in [-0.39, 0.29) is 23.0 Å². The van der Waals surface area contributed by atoms with Crippen LogP contribution in [-0.4, -0.2) is 39.2 Å². The van der Waals surface area contributed by atoms with Crippen LogP contribution in [0.3, 0.4) is 0 Å². The van der Waals surface area contributed by atoms with E-state index < -0.39 is 0 Å². The molecule has 0 amide bonds. The molecule has 0 radical (unpaired) electrons. The molecule has 0 bridgehead atoms. The Hall–Kier alpha value is -2.08. The number of rotatable bonds is 2. The largest absolute Gasteiger partial charge is 0.508 e. The van der Waals surface area contributed by atoms with Gasteiger partial charge in [0.1, 0.15) is 5.75 Å². The normalized spacial score (nSPS) is 17.4. The first-order valence-electron chi connectivity index (χ1n) is 7.30. The summed E-state index contributed by atoms with van der Waals surface area (Å²) in [6.45, 7) is 4.89. The minimum Gasteiger partial charge on any atom is -0.508 e. The molecule has 1 aliphatic heterocycles. The Kier molecular flexibility index (Phi) is 3.55. The molecule has 0 spiro atoms. The highest BCUT2D eigenvalue weighted by atomic mass is 16.3. The average Bonchev–Trinajstić information content (AvgIpc) is 2.49. The highest BCUT2D eigenvalue weighted by Crippen LogP contribution is 2.20. The van der Waals surface area contributed by atoms with Crippen LogP contribution in [-0.2, 0) is 0 Å². The van der Waals surface area contributed by atoms with Crippen molar-refractivity contribution in [3.63, 3.8) is 0 Å². The minimum absolute atomic E-state index is 0.0269. The van der Waals surface area contributed by atoms with E-state index in [0.29, 0.717) is 10.9 Å². The number of nitrogens with zero attached hydrogens (tertiary/aromatic N) is 2. The topological polar surface area (TPSA) is 78.3 Å². The lowest BCUT2D eigenvalue weighted by atomic mass is 10.0. The van der Waals surface area contributed by atoms with Crippen LogP contribution in [0.15, 0.2) is 27.8 Å². The maximum Gasteiger partial charge on any atom is 0.329 e. The number of aromatic amines is 1. The Balaban J connectivity index is 2.07. The minimum atomic E-state index is -0.367. The summed E-state index contributed by atoms with van der Waals surface area (Å²) in [4.78, 5) is 29.8. The number of likely N-dealkylation sites (tertiary alicyclic amines) is 1. The summed E-state index contributed by atoms with van der Waals surface area (Å²) < 4.78 is 1.31. The van der Waals surface area contributed by atoms with Crippen molar-refractivity contribution in [2.75, 3.05) is 19.6 Å². The molecular formula is C15H19N3O3. The molecule has 1 aliphatic rings. The fourth-order valence-electron chi connectivity index (χ4n) is 3.04. The Bertz CT molecular complexity index is 770. The van der Waals surface area contributed by atoms with Crippen molar-refractivity contribution in [1.82, 2.24) is 14.5 Å². The highest BCUT2D eigenvalue weighted by Gasteiger charge is 2.23. The van der Waals surface area contributed by atoms with Gasteiger partial charge in [0.05, 0.1) is 10.9 Å². The third-order valence-corrected chi connectivity index (χ3v) is 4.28. The third kappa shape index (κ3) is 2.47. The summed E-state index contributed by atoms with van der Waals surface area (Å²) in [5.41, 5.74) is -0.224. The van der Waals surface area contributed by atoms with E-state index in [1.165, 1.54) is 16.7 Å². The number of nitrogens with one attached hydrogen (secondary N) is 1. The van der Waals surface area contributed by atoms with Crippen molar-refractivity contribution in [2.45, 2.75) is 25.8 Å². The Morgan fingerprint density at radius 3 is 2.67 bits per heavy atom. The van der Waals surface area contributed by atoms with E-state index in [0.717, 1.165) is 32.5 Å². The molecule has 6 heteroatoms. The van der Waals surface area contributed by atoms with E-state index in [1.54, 1.807) is 6.07 Å². The number of hydrogen-bond acceptors (Lipinski definition) is 4. The zero-order valence-corrected chi connectivity index (χ0v) is 12.0. The van der Waals surface area contributed by atoms with Gasteiger partial charge in [0.25, 0.3) is 5.56 Å². The number of benzene rings is 1. The van der Waals surface area contributed by atoms with E-state index in [1.807, 2.05) is 0 Å². The summed E-state index contributed by atoms with van der Waals surface area (Å²) in [5.74, 6) is 0.0269. The Morgan fingerprint density at radius 2 is 2.00 bits per heavy atom. The molecule has 1 saturated heterocycles. The predicted molar refractivity (Wildman–Crippen MR) is 80.9 cm³/mol. The van der Waals surface area contributed by atoms with Crippen LogP contribution in [0.1, 0.15) is 25.8 Å². The smallest absolute Gasteiger partial charge is 0.329 e. The van der Waals surface area contributed by atoms with Gasteiger partial charge in [0.15, 0.2) is 0 Å². The summed E-state index contributed by atoms with van der Waals surface area (Å²) >= 11 is 0. The molecule has 21 heavy (non-hydrogen) atoms. The lowest BCUT2D eigenvalue weighted by Gasteiger charge is -2.31. The van der Waals surface area contributed by atoms with Gasteiger partial charge in [-0.05, 0) is 37.6 Å². The van der Waals surface area contributed by atoms with Gasteiger partial charge in [-0.15, -0.1) is 0 Å². The first kappa shape index (κ1) is 13.9. The molecule has 3 rings (SSSR count). The van der Waals surface area contributed by atoms with Gasteiger partial charge < -0.3 is 15.0 Å². The monoisotopic (exact) mass is 289 g/mol. The SMILES string of the molecule is CCN1CCC(n2c(=O)[nH]c3ccc(O)cc3c2=O)CC1. The maximum atomic E-state index is 12.6. The molecule has 2 aromatic rings. The Morgan fingerprint density at radius 1 is 1.29 bits per heavy atom. The van der Waals surface area contributed by atoms with Crippen LogP contribution in [0.5, 0.6) is 5.75 Å². The summed E-state index contributed by atoms with van der Waals surface area (Å²) in [6, 6.07) is 4.35. The van der Waals surface area contributed by atoms with Gasteiger partial charge in [-0.25, -0.2) is 4.79 Å². The molecule has 0 atom stereocenters. The molecule has 6 nitrogen and oxygen atoms in total. The van der Waals surface area contributed by atoms with E-state index >= 15 is 0 Å². The maximum absolute atomic E-state index is 12.6. The van der Waals surface area contributed by atoms with Crippen molar-refractivity contribution in [3.05, 3.63) is 39.0 Å². The molecule has 0 unspecified atom stereocenters. The van der Waals surface area contributed by atoms with E-state index in [2.05, 4.69) is 16.8 Å². The van der Waals surface area contributed by atoms with Gasteiger partial charge in [-0.3, -0.25) is 9.36 Å². The van der Waals surface area contributed by atoms with Crippen molar-refractivity contribution in [2.24, 2.45) is 0 Å². The van der Waals surface area contributed by atoms with Crippen molar-refractivity contribution < 1.29 is 5.11 Å². The number of hydrogen-bond donors (Lipinski definition) is 2. The van der Waals surface area contributed by atoms with Crippen molar-refractivity contribution in [1.29, 1.82) is 0 Å². The van der Waals surface area contributed by atoms with Gasteiger partial charge in [-0.1, -0.05) is 6.92 Å². The summed E-state index contributed by atoms with van der Waals surface area (Å²) in [5, 5.41) is 9.90. The van der Waals surface area contributed by atoms with Crippen LogP contribution in [0.2, 0.25) is 0 Å². The van der Waals surface area contributed by atoms with Crippen LogP contribution in [0.25, 0.3) is 10.9 Å². The van der Waals surface area contributed by atoms with E-state index in [4.69, 9.17) is 0 Å². The standard InChI is InChI=1S/C15H19N3O3/c1-2-17-7-5-10(6-8-17)18-14(20)12-9-11(19)3-4-13(12)16-15(18)21/h3-4,9-10,19H,2,5-8H2,1H3,(H,16,21). The number of H-pyrrole nitrogens is 1. The second-order valence-electron chi connectivity index (χ2n) is 5.50. The molecule has 2 heterocycles. The quantitative estimate of drug-likeness (QED) is 0.866. The average molecular weight is 289 g/mol. The summed E-state index contributed by atoms with van der Waals surface area (Å²) in [6.07, 6.45) is 1.59. The molecule has 0 aliphatic carbocycles. The first-order valence-corrected chi connectivity index (χ1v) is 7.30. The van der Waals surface area contributed by atoms with Crippen LogP contribution in [0.4, 0.5) is 0 Å². The number of aromatic hydroxyl groups is 1. The number of fused-ring (bicyclic) bond motifs is 1. The fourth-order valence-corrected chi connectivity index (χ4v) is 3.04. The van der Waals surface area contributed by atoms with Gasteiger partial charge >= 0.3 is 5.69 Å². The first-order chi connectivity index (χ1) is 10.1. The lowest BCUT2D eigenvalue weighted by Crippen LogP contribution is -2.43. The molecule has 112 valence electrons. The van der Waals surface area contributed by atoms with Crippen LogP contribution >= 0.6 is 0 Å². The third-order valence-electron chi connectivity index (χ3n) is 4.28. The number of aromatic nitrogens is 2. The summed E-state index contributed by atoms with van der Waals surface area (Å²) in [7, 11) is 0.